The first-order valence-corrected chi connectivity index (χ1v) is 9.12. The number of anilines is 1. The molecule has 1 fully saturated rings. The second kappa shape index (κ2) is 6.86. The summed E-state index contributed by atoms with van der Waals surface area (Å²) in [5, 5.41) is 2.97. The summed E-state index contributed by atoms with van der Waals surface area (Å²) in [4.78, 5) is 26.7. The standard InChI is InChI=1S/C20H23N3O3/c1-2-26-17-8-6-16(7-9-17)21-20(25)22-11-14-10-15(13-22)18-4-3-5-19(24)23(18)12-14/h3-9,14-15H,2,10-13H2,1H3,(H,21,25)/t14-,15+/m0/s1. The molecule has 4 rings (SSSR count). The molecule has 136 valence electrons. The summed E-state index contributed by atoms with van der Waals surface area (Å²) in [5.74, 6) is 1.34. The second-order valence-electron chi connectivity index (χ2n) is 6.99. The SMILES string of the molecule is CCOc1ccc(NC(=O)N2C[C@@H]3C[C@H](C2)c2cccc(=O)n2C3)cc1. The molecule has 0 saturated carbocycles. The number of hydrogen-bond donors (Lipinski definition) is 1. The number of piperidine rings is 1. The molecule has 2 amide bonds. The Hall–Kier alpha value is -2.76. The van der Waals surface area contributed by atoms with Crippen LogP contribution in [-0.2, 0) is 6.54 Å². The van der Waals surface area contributed by atoms with Gasteiger partial charge in [0.05, 0.1) is 6.61 Å². The van der Waals surface area contributed by atoms with Crippen molar-refractivity contribution in [2.45, 2.75) is 25.8 Å². The van der Waals surface area contributed by atoms with Crippen LogP contribution in [0.15, 0.2) is 47.3 Å². The van der Waals surface area contributed by atoms with Gasteiger partial charge in [0.2, 0.25) is 0 Å². The minimum atomic E-state index is -0.0874. The average Bonchev–Trinajstić information content (AvgIpc) is 2.64. The fourth-order valence-electron chi connectivity index (χ4n) is 4.07. The Labute approximate surface area is 152 Å². The van der Waals surface area contributed by atoms with Crippen molar-refractivity contribution in [1.29, 1.82) is 0 Å². The molecule has 0 aliphatic carbocycles. The summed E-state index contributed by atoms with van der Waals surface area (Å²) < 4.78 is 7.30. The van der Waals surface area contributed by atoms with Gasteiger partial charge in [0.1, 0.15) is 5.75 Å². The van der Waals surface area contributed by atoms with E-state index >= 15 is 0 Å². The maximum absolute atomic E-state index is 12.7. The largest absolute Gasteiger partial charge is 0.494 e. The number of hydrogen-bond acceptors (Lipinski definition) is 3. The van der Waals surface area contributed by atoms with Gasteiger partial charge in [-0.15, -0.1) is 0 Å². The number of rotatable bonds is 3. The van der Waals surface area contributed by atoms with Crippen LogP contribution in [0, 0.1) is 5.92 Å². The Bertz CT molecular complexity index is 859. The van der Waals surface area contributed by atoms with Crippen LogP contribution in [0.3, 0.4) is 0 Å². The second-order valence-corrected chi connectivity index (χ2v) is 6.99. The van der Waals surface area contributed by atoms with Gasteiger partial charge in [-0.2, -0.15) is 0 Å². The number of carbonyl (C=O) groups excluding carboxylic acids is 1. The molecule has 26 heavy (non-hydrogen) atoms. The molecule has 2 atom stereocenters. The van der Waals surface area contributed by atoms with E-state index in [4.69, 9.17) is 4.74 Å². The van der Waals surface area contributed by atoms with Gasteiger partial charge < -0.3 is 19.5 Å². The summed E-state index contributed by atoms with van der Waals surface area (Å²) >= 11 is 0. The van der Waals surface area contributed by atoms with E-state index in [1.54, 1.807) is 6.07 Å². The van der Waals surface area contributed by atoms with E-state index in [-0.39, 0.29) is 17.5 Å². The summed E-state index contributed by atoms with van der Waals surface area (Å²) in [6, 6.07) is 12.8. The van der Waals surface area contributed by atoms with Crippen molar-refractivity contribution in [3.8, 4) is 5.75 Å². The van der Waals surface area contributed by atoms with E-state index in [9.17, 15) is 9.59 Å². The Morgan fingerprint density at radius 2 is 1.96 bits per heavy atom. The van der Waals surface area contributed by atoms with Crippen LogP contribution in [0.5, 0.6) is 5.75 Å². The highest BCUT2D eigenvalue weighted by molar-refractivity contribution is 5.89. The molecule has 0 radical (unpaired) electrons. The van der Waals surface area contributed by atoms with Gasteiger partial charge in [0, 0.05) is 43.0 Å². The molecule has 1 aromatic heterocycles. The van der Waals surface area contributed by atoms with Gasteiger partial charge in [-0.1, -0.05) is 6.07 Å². The molecule has 0 unspecified atom stereocenters. The molecule has 1 N–H and O–H groups in total. The lowest BCUT2D eigenvalue weighted by Crippen LogP contribution is -2.50. The first-order valence-electron chi connectivity index (χ1n) is 9.12. The average molecular weight is 353 g/mol. The van der Waals surface area contributed by atoms with Gasteiger partial charge in [-0.25, -0.2) is 4.79 Å². The number of pyridine rings is 1. The first-order chi connectivity index (χ1) is 12.6. The fourth-order valence-corrected chi connectivity index (χ4v) is 4.07. The van der Waals surface area contributed by atoms with Crippen molar-refractivity contribution in [2.24, 2.45) is 5.92 Å². The van der Waals surface area contributed by atoms with Crippen LogP contribution in [0.2, 0.25) is 0 Å². The van der Waals surface area contributed by atoms with Crippen LogP contribution in [0.1, 0.15) is 25.0 Å². The Kier molecular flexibility index (Phi) is 4.41. The molecule has 6 heteroatoms. The van der Waals surface area contributed by atoms with E-state index in [1.807, 2.05) is 52.8 Å². The van der Waals surface area contributed by atoms with Gasteiger partial charge in [0.15, 0.2) is 0 Å². The van der Waals surface area contributed by atoms with Crippen LogP contribution in [0.25, 0.3) is 0 Å². The number of urea groups is 1. The number of ether oxygens (including phenoxy) is 1. The minimum Gasteiger partial charge on any atom is -0.494 e. The van der Waals surface area contributed by atoms with Crippen LogP contribution in [0.4, 0.5) is 10.5 Å². The summed E-state index contributed by atoms with van der Waals surface area (Å²) in [6.45, 7) is 4.57. The lowest BCUT2D eigenvalue weighted by molar-refractivity contribution is 0.139. The maximum atomic E-state index is 12.7. The van der Waals surface area contributed by atoms with E-state index in [2.05, 4.69) is 5.32 Å². The molecule has 1 saturated heterocycles. The van der Waals surface area contributed by atoms with Crippen molar-refractivity contribution in [1.82, 2.24) is 9.47 Å². The Morgan fingerprint density at radius 1 is 1.15 bits per heavy atom. The fraction of sp³-hybridized carbons (Fsp3) is 0.400. The zero-order valence-corrected chi connectivity index (χ0v) is 14.9. The predicted molar refractivity (Wildman–Crippen MR) is 99.8 cm³/mol. The smallest absolute Gasteiger partial charge is 0.321 e. The summed E-state index contributed by atoms with van der Waals surface area (Å²) in [6.07, 6.45) is 1.04. The number of carbonyl (C=O) groups is 1. The molecule has 0 spiro atoms. The van der Waals surface area contributed by atoms with E-state index < -0.39 is 0 Å². The van der Waals surface area contributed by atoms with Gasteiger partial charge in [-0.3, -0.25) is 4.79 Å². The quantitative estimate of drug-likeness (QED) is 0.923. The van der Waals surface area contributed by atoms with E-state index in [0.29, 0.717) is 32.2 Å². The van der Waals surface area contributed by atoms with Crippen molar-refractivity contribution in [2.75, 3.05) is 25.0 Å². The summed E-state index contributed by atoms with van der Waals surface area (Å²) in [7, 11) is 0. The molecule has 1 aromatic carbocycles. The van der Waals surface area contributed by atoms with E-state index in [0.717, 1.165) is 23.6 Å². The van der Waals surface area contributed by atoms with Crippen LogP contribution >= 0.6 is 0 Å². The van der Waals surface area contributed by atoms with Crippen molar-refractivity contribution in [3.05, 3.63) is 58.5 Å². The van der Waals surface area contributed by atoms with Crippen LogP contribution in [-0.4, -0.2) is 35.2 Å². The van der Waals surface area contributed by atoms with Crippen molar-refractivity contribution < 1.29 is 9.53 Å². The zero-order valence-electron chi connectivity index (χ0n) is 14.9. The number of fused-ring (bicyclic) bond motifs is 4. The number of nitrogens with one attached hydrogen (secondary N) is 1. The van der Waals surface area contributed by atoms with Crippen LogP contribution < -0.4 is 15.6 Å². The van der Waals surface area contributed by atoms with Crippen molar-refractivity contribution >= 4 is 11.7 Å². The normalized spacial score (nSPS) is 21.0. The Morgan fingerprint density at radius 3 is 2.73 bits per heavy atom. The Balaban J connectivity index is 1.46. The number of likely N-dealkylation sites (tertiary alicyclic amines) is 1. The third kappa shape index (κ3) is 3.19. The zero-order chi connectivity index (χ0) is 18.1. The third-order valence-corrected chi connectivity index (χ3v) is 5.18. The third-order valence-electron chi connectivity index (χ3n) is 5.18. The monoisotopic (exact) mass is 353 g/mol. The number of aromatic nitrogens is 1. The number of nitrogens with zero attached hydrogens (tertiary/aromatic N) is 2. The highest BCUT2D eigenvalue weighted by Crippen LogP contribution is 2.35. The molecular weight excluding hydrogens is 330 g/mol. The van der Waals surface area contributed by atoms with Gasteiger partial charge in [-0.05, 0) is 49.6 Å². The number of benzene rings is 1. The van der Waals surface area contributed by atoms with Gasteiger partial charge in [0.25, 0.3) is 5.56 Å². The first kappa shape index (κ1) is 16.7. The lowest BCUT2D eigenvalue weighted by Gasteiger charge is -2.42. The highest BCUT2D eigenvalue weighted by Gasteiger charge is 2.36. The summed E-state index contributed by atoms with van der Waals surface area (Å²) in [5.41, 5.74) is 1.86. The van der Waals surface area contributed by atoms with Gasteiger partial charge >= 0.3 is 6.03 Å². The predicted octanol–water partition coefficient (Wildman–Crippen LogP) is 2.90. The minimum absolute atomic E-state index is 0.0597. The molecular formula is C20H23N3O3. The lowest BCUT2D eigenvalue weighted by atomic mass is 9.83. The molecule has 2 aliphatic rings. The molecule has 2 bridgehead atoms. The molecule has 2 aliphatic heterocycles. The topological polar surface area (TPSA) is 63.6 Å². The number of amides is 2. The van der Waals surface area contributed by atoms with E-state index in [1.165, 1.54) is 0 Å². The molecule has 6 nitrogen and oxygen atoms in total. The highest BCUT2D eigenvalue weighted by atomic mass is 16.5. The molecule has 2 aromatic rings. The maximum Gasteiger partial charge on any atom is 0.321 e. The molecule has 3 heterocycles. The van der Waals surface area contributed by atoms with Crippen molar-refractivity contribution in [3.63, 3.8) is 0 Å².